The Morgan fingerprint density at radius 3 is 1.19 bits per heavy atom. The molecular formula is C44H32O8. The van der Waals surface area contributed by atoms with Crippen LogP contribution in [0.3, 0.4) is 0 Å². The SMILES string of the molecule is COC1(OC)C(=O)C=Cc2ccc3oc4ccc5ccccc5c4c3c21.COC1(OC)C(=O)C=Cc2ccc3oc4ccc5ccccc5c4c3c21. The molecule has 0 bridgehead atoms. The second-order valence-electron chi connectivity index (χ2n) is 12.8. The van der Waals surface area contributed by atoms with Crippen LogP contribution in [0.25, 0.3) is 77.6 Å². The van der Waals surface area contributed by atoms with Crippen molar-refractivity contribution in [2.45, 2.75) is 11.6 Å². The lowest BCUT2D eigenvalue weighted by atomic mass is 9.86. The summed E-state index contributed by atoms with van der Waals surface area (Å²) in [5.41, 5.74) is 6.12. The van der Waals surface area contributed by atoms with Crippen LogP contribution in [-0.4, -0.2) is 40.0 Å². The van der Waals surface area contributed by atoms with Gasteiger partial charge in [-0.2, -0.15) is 0 Å². The van der Waals surface area contributed by atoms with Gasteiger partial charge in [-0.15, -0.1) is 0 Å². The van der Waals surface area contributed by atoms with Crippen molar-refractivity contribution in [3.05, 3.63) is 131 Å². The van der Waals surface area contributed by atoms with Gasteiger partial charge in [0.15, 0.2) is 0 Å². The van der Waals surface area contributed by atoms with Gasteiger partial charge in [-0.3, -0.25) is 9.59 Å². The first kappa shape index (κ1) is 32.0. The minimum absolute atomic E-state index is 0.239. The number of fused-ring (bicyclic) bond motifs is 14. The zero-order chi connectivity index (χ0) is 35.8. The fraction of sp³-hybridized carbons (Fsp3) is 0.136. The lowest BCUT2D eigenvalue weighted by Gasteiger charge is -2.32. The highest BCUT2D eigenvalue weighted by atomic mass is 16.7. The highest BCUT2D eigenvalue weighted by molar-refractivity contribution is 6.23. The lowest BCUT2D eigenvalue weighted by Crippen LogP contribution is -2.41. The number of carbonyl (C=O) groups is 2. The average Bonchev–Trinajstić information content (AvgIpc) is 3.78. The Balaban J connectivity index is 0.000000138. The zero-order valence-electron chi connectivity index (χ0n) is 28.8. The van der Waals surface area contributed by atoms with Crippen LogP contribution in [0.5, 0.6) is 0 Å². The lowest BCUT2D eigenvalue weighted by molar-refractivity contribution is -0.208. The van der Waals surface area contributed by atoms with Crippen LogP contribution < -0.4 is 0 Å². The van der Waals surface area contributed by atoms with Crippen LogP contribution in [0, 0.1) is 0 Å². The zero-order valence-corrected chi connectivity index (χ0v) is 28.8. The fourth-order valence-electron chi connectivity index (χ4n) is 8.05. The molecule has 52 heavy (non-hydrogen) atoms. The van der Waals surface area contributed by atoms with Crippen LogP contribution in [0.15, 0.2) is 118 Å². The third-order valence-electron chi connectivity index (χ3n) is 10.4. The second kappa shape index (κ2) is 11.8. The van der Waals surface area contributed by atoms with Crippen molar-refractivity contribution in [1.29, 1.82) is 0 Å². The van der Waals surface area contributed by atoms with Crippen molar-refractivity contribution in [3.8, 4) is 0 Å². The molecular weight excluding hydrogens is 656 g/mol. The largest absolute Gasteiger partial charge is 0.456 e. The minimum Gasteiger partial charge on any atom is -0.456 e. The summed E-state index contributed by atoms with van der Waals surface area (Å²) in [6.45, 7) is 0. The Hall–Kier alpha value is -5.90. The van der Waals surface area contributed by atoms with E-state index in [0.29, 0.717) is 22.3 Å². The molecule has 0 unspecified atom stereocenters. The van der Waals surface area contributed by atoms with Crippen molar-refractivity contribution in [2.24, 2.45) is 0 Å². The maximum Gasteiger partial charge on any atom is 0.261 e. The van der Waals surface area contributed by atoms with Gasteiger partial charge in [0.2, 0.25) is 11.6 Å². The molecule has 0 atom stereocenters. The molecule has 0 saturated heterocycles. The summed E-state index contributed by atoms with van der Waals surface area (Å²) in [6, 6.07) is 32.0. The number of carbonyl (C=O) groups excluding carboxylic acids is 2. The van der Waals surface area contributed by atoms with E-state index in [0.717, 1.165) is 65.4 Å². The maximum atomic E-state index is 12.7. The molecule has 10 rings (SSSR count). The van der Waals surface area contributed by atoms with E-state index in [1.165, 1.54) is 40.6 Å². The number of ether oxygens (including phenoxy) is 4. The van der Waals surface area contributed by atoms with E-state index in [9.17, 15) is 9.59 Å². The predicted octanol–water partition coefficient (Wildman–Crippen LogP) is 9.56. The summed E-state index contributed by atoms with van der Waals surface area (Å²) in [6.07, 6.45) is 6.61. The van der Waals surface area contributed by atoms with Crippen molar-refractivity contribution in [3.63, 3.8) is 0 Å². The molecule has 8 aromatic rings. The van der Waals surface area contributed by atoms with Gasteiger partial charge in [-0.05, 0) is 69.1 Å². The molecule has 8 heteroatoms. The molecule has 0 spiro atoms. The summed E-state index contributed by atoms with van der Waals surface area (Å²) < 4.78 is 34.8. The van der Waals surface area contributed by atoms with Crippen LogP contribution in [0.2, 0.25) is 0 Å². The van der Waals surface area contributed by atoms with Crippen molar-refractivity contribution >= 4 is 89.1 Å². The van der Waals surface area contributed by atoms with Crippen molar-refractivity contribution in [1.82, 2.24) is 0 Å². The van der Waals surface area contributed by atoms with Crippen molar-refractivity contribution in [2.75, 3.05) is 28.4 Å². The maximum absolute atomic E-state index is 12.7. The number of methoxy groups -OCH3 is 4. The standard InChI is InChI=1S/2C22H16O4/c2*1-24-22(25-2)18(23)12-9-14-8-11-17-20(21(14)22)19-15-6-4-3-5-13(15)7-10-16(19)26-17/h2*3-12H,1-2H3. The van der Waals surface area contributed by atoms with Gasteiger partial charge < -0.3 is 27.8 Å². The van der Waals surface area contributed by atoms with Crippen LogP contribution in [0.4, 0.5) is 0 Å². The van der Waals surface area contributed by atoms with Gasteiger partial charge in [-0.25, -0.2) is 0 Å². The van der Waals surface area contributed by atoms with Crippen LogP contribution >= 0.6 is 0 Å². The summed E-state index contributed by atoms with van der Waals surface area (Å²) in [5.74, 6) is -3.43. The molecule has 6 aromatic carbocycles. The van der Waals surface area contributed by atoms with E-state index in [1.54, 1.807) is 12.2 Å². The molecule has 2 aromatic heterocycles. The fourth-order valence-corrected chi connectivity index (χ4v) is 8.05. The summed E-state index contributed by atoms with van der Waals surface area (Å²) in [5, 5.41) is 8.01. The Morgan fingerprint density at radius 1 is 0.423 bits per heavy atom. The number of benzene rings is 6. The molecule has 0 radical (unpaired) electrons. The molecule has 256 valence electrons. The number of ketones is 2. The third kappa shape index (κ3) is 4.30. The molecule has 0 N–H and O–H groups in total. The van der Waals surface area contributed by atoms with Gasteiger partial charge in [0.05, 0.1) is 0 Å². The Morgan fingerprint density at radius 2 is 0.788 bits per heavy atom. The smallest absolute Gasteiger partial charge is 0.261 e. The highest BCUT2D eigenvalue weighted by Gasteiger charge is 2.46. The first-order valence-corrected chi connectivity index (χ1v) is 16.8. The van der Waals surface area contributed by atoms with Gasteiger partial charge in [0, 0.05) is 61.1 Å². The van der Waals surface area contributed by atoms with Crippen LogP contribution in [-0.2, 0) is 40.1 Å². The number of rotatable bonds is 4. The molecule has 2 heterocycles. The topological polar surface area (TPSA) is 97.3 Å². The minimum atomic E-state index is -1.47. The van der Waals surface area contributed by atoms with E-state index in [1.807, 2.05) is 72.8 Å². The van der Waals surface area contributed by atoms with Gasteiger partial charge in [-0.1, -0.05) is 84.9 Å². The number of hydrogen-bond donors (Lipinski definition) is 0. The predicted molar refractivity (Wildman–Crippen MR) is 202 cm³/mol. The number of furan rings is 2. The van der Waals surface area contributed by atoms with E-state index >= 15 is 0 Å². The average molecular weight is 689 g/mol. The third-order valence-corrected chi connectivity index (χ3v) is 10.4. The monoisotopic (exact) mass is 688 g/mol. The van der Waals surface area contributed by atoms with Gasteiger partial charge in [0.25, 0.3) is 11.6 Å². The molecule has 0 fully saturated rings. The summed E-state index contributed by atoms with van der Waals surface area (Å²) in [7, 11) is 5.96. The van der Waals surface area contributed by atoms with E-state index in [2.05, 4.69) is 24.3 Å². The first-order valence-electron chi connectivity index (χ1n) is 16.8. The first-order chi connectivity index (χ1) is 25.4. The van der Waals surface area contributed by atoms with E-state index < -0.39 is 11.6 Å². The molecule has 2 aliphatic carbocycles. The molecule has 0 saturated carbocycles. The molecule has 0 aliphatic heterocycles. The number of hydrogen-bond acceptors (Lipinski definition) is 8. The molecule has 0 amide bonds. The van der Waals surface area contributed by atoms with Gasteiger partial charge >= 0.3 is 0 Å². The molecule has 8 nitrogen and oxygen atoms in total. The quantitative estimate of drug-likeness (QED) is 0.169. The second-order valence-corrected chi connectivity index (χ2v) is 12.8. The summed E-state index contributed by atoms with van der Waals surface area (Å²) in [4.78, 5) is 25.5. The van der Waals surface area contributed by atoms with E-state index in [4.69, 9.17) is 27.8 Å². The molecule has 2 aliphatic rings. The van der Waals surface area contributed by atoms with Crippen LogP contribution in [0.1, 0.15) is 22.3 Å². The normalized spacial score (nSPS) is 15.8. The highest BCUT2D eigenvalue weighted by Crippen LogP contribution is 2.47. The Labute approximate surface area is 297 Å². The summed E-state index contributed by atoms with van der Waals surface area (Å²) >= 11 is 0. The van der Waals surface area contributed by atoms with Crippen molar-refractivity contribution < 1.29 is 37.4 Å². The Kier molecular flexibility index (Phi) is 7.29. The Bertz CT molecular complexity index is 2650. The van der Waals surface area contributed by atoms with E-state index in [-0.39, 0.29) is 11.6 Å². The van der Waals surface area contributed by atoms with Gasteiger partial charge in [0.1, 0.15) is 22.3 Å².